The van der Waals surface area contributed by atoms with E-state index >= 15 is 0 Å². The van der Waals surface area contributed by atoms with Crippen molar-refractivity contribution >= 4 is 11.6 Å². The largest absolute Gasteiger partial charge is 0.325 e. The average molecular weight is 323 g/mol. The van der Waals surface area contributed by atoms with Crippen LogP contribution in [-0.2, 0) is 10.3 Å². The van der Waals surface area contributed by atoms with Crippen LogP contribution >= 0.6 is 0 Å². The Hall–Kier alpha value is -2.24. The molecule has 0 saturated heterocycles. The molecule has 4 saturated carbocycles. The van der Waals surface area contributed by atoms with Gasteiger partial charge in [0.15, 0.2) is 0 Å². The van der Waals surface area contributed by atoms with Crippen molar-refractivity contribution in [1.29, 1.82) is 0 Å². The summed E-state index contributed by atoms with van der Waals surface area (Å²) in [7, 11) is 0. The standard InChI is InChI=1S/C18H21N5O/c24-16(22-15-1-3-19-4-2-15)17-6-13-5-14(7-17)9-18(8-13,10-17)23-12-20-11-21-23/h1-4,11-14H,5-10H2,(H,19,22,24)/t13-,14-,17?,18?/m1/s1. The van der Waals surface area contributed by atoms with Crippen molar-refractivity contribution in [2.45, 2.75) is 44.1 Å². The first-order valence-electron chi connectivity index (χ1n) is 8.74. The summed E-state index contributed by atoms with van der Waals surface area (Å²) in [5.74, 6) is 1.42. The Kier molecular flexibility index (Phi) is 2.87. The van der Waals surface area contributed by atoms with Crippen LogP contribution < -0.4 is 5.32 Å². The predicted octanol–water partition coefficient (Wildman–Crippen LogP) is 2.61. The van der Waals surface area contributed by atoms with Gasteiger partial charge in [-0.15, -0.1) is 0 Å². The fourth-order valence-corrected chi connectivity index (χ4v) is 5.90. The van der Waals surface area contributed by atoms with Crippen molar-refractivity contribution in [1.82, 2.24) is 19.7 Å². The van der Waals surface area contributed by atoms with Crippen LogP contribution in [0.15, 0.2) is 37.2 Å². The maximum absolute atomic E-state index is 13.2. The number of carbonyl (C=O) groups excluding carboxylic acids is 1. The van der Waals surface area contributed by atoms with Gasteiger partial charge in [-0.1, -0.05) is 0 Å². The monoisotopic (exact) mass is 323 g/mol. The molecule has 1 N–H and O–H groups in total. The first kappa shape index (κ1) is 14.1. The van der Waals surface area contributed by atoms with Crippen LogP contribution in [0.25, 0.3) is 0 Å². The van der Waals surface area contributed by atoms with Crippen molar-refractivity contribution in [3.8, 4) is 0 Å². The lowest BCUT2D eigenvalue weighted by Crippen LogP contribution is -2.60. The Morgan fingerprint density at radius 2 is 1.88 bits per heavy atom. The minimum absolute atomic E-state index is 0.0177. The second-order valence-corrected chi connectivity index (χ2v) is 8.00. The molecular weight excluding hydrogens is 302 g/mol. The van der Waals surface area contributed by atoms with Crippen LogP contribution in [0.1, 0.15) is 38.5 Å². The van der Waals surface area contributed by atoms with Crippen LogP contribution in [0, 0.1) is 17.3 Å². The molecule has 4 fully saturated rings. The number of carbonyl (C=O) groups is 1. The molecule has 4 aliphatic rings. The van der Waals surface area contributed by atoms with Gasteiger partial charge in [0.25, 0.3) is 0 Å². The molecule has 0 radical (unpaired) electrons. The number of anilines is 1. The highest BCUT2D eigenvalue weighted by atomic mass is 16.2. The zero-order valence-electron chi connectivity index (χ0n) is 13.6. The Morgan fingerprint density at radius 3 is 2.54 bits per heavy atom. The van der Waals surface area contributed by atoms with Gasteiger partial charge in [0.05, 0.1) is 11.0 Å². The van der Waals surface area contributed by atoms with Crippen LogP contribution in [0.4, 0.5) is 5.69 Å². The summed E-state index contributed by atoms with van der Waals surface area (Å²) in [6, 6.07) is 3.71. The lowest BCUT2D eigenvalue weighted by Gasteiger charge is -2.60. The highest BCUT2D eigenvalue weighted by Crippen LogP contribution is 2.64. The van der Waals surface area contributed by atoms with Gasteiger partial charge < -0.3 is 5.32 Å². The van der Waals surface area contributed by atoms with E-state index in [1.165, 1.54) is 6.42 Å². The van der Waals surface area contributed by atoms with E-state index in [2.05, 4.69) is 20.4 Å². The number of nitrogens with zero attached hydrogens (tertiary/aromatic N) is 4. The molecule has 6 heteroatoms. The predicted molar refractivity (Wildman–Crippen MR) is 88.0 cm³/mol. The van der Waals surface area contributed by atoms with Crippen LogP contribution in [0.5, 0.6) is 0 Å². The van der Waals surface area contributed by atoms with E-state index < -0.39 is 0 Å². The van der Waals surface area contributed by atoms with Crippen molar-refractivity contribution in [3.63, 3.8) is 0 Å². The Labute approximate surface area is 140 Å². The van der Waals surface area contributed by atoms with Crippen LogP contribution in [0.2, 0.25) is 0 Å². The van der Waals surface area contributed by atoms with Crippen molar-refractivity contribution in [3.05, 3.63) is 37.2 Å². The first-order chi connectivity index (χ1) is 11.7. The van der Waals surface area contributed by atoms with Gasteiger partial charge >= 0.3 is 0 Å². The van der Waals surface area contributed by atoms with E-state index in [1.807, 2.05) is 23.1 Å². The molecule has 2 heterocycles. The van der Waals surface area contributed by atoms with Gasteiger partial charge in [-0.2, -0.15) is 5.10 Å². The van der Waals surface area contributed by atoms with Gasteiger partial charge in [0.1, 0.15) is 12.7 Å². The van der Waals surface area contributed by atoms with E-state index in [0.29, 0.717) is 11.8 Å². The molecule has 2 aromatic rings. The fourth-order valence-electron chi connectivity index (χ4n) is 5.90. The van der Waals surface area contributed by atoms with Gasteiger partial charge in [-0.05, 0) is 62.5 Å². The number of hydrogen-bond donors (Lipinski definition) is 1. The van der Waals surface area contributed by atoms with Crippen molar-refractivity contribution in [2.75, 3.05) is 5.32 Å². The first-order valence-corrected chi connectivity index (χ1v) is 8.74. The molecule has 0 aromatic carbocycles. The fraction of sp³-hybridized carbons (Fsp3) is 0.556. The van der Waals surface area contributed by atoms with Gasteiger partial charge in [-0.25, -0.2) is 9.67 Å². The van der Waals surface area contributed by atoms with Gasteiger partial charge in [0, 0.05) is 18.1 Å². The van der Waals surface area contributed by atoms with E-state index in [0.717, 1.165) is 37.8 Å². The summed E-state index contributed by atoms with van der Waals surface area (Å²) in [5.41, 5.74) is 0.552. The molecule has 4 aliphatic carbocycles. The number of nitrogens with one attached hydrogen (secondary N) is 1. The molecule has 2 atom stereocenters. The summed E-state index contributed by atoms with van der Waals surface area (Å²) in [4.78, 5) is 21.4. The molecule has 6 nitrogen and oxygen atoms in total. The van der Waals surface area contributed by atoms with E-state index in [4.69, 9.17) is 0 Å². The molecule has 0 spiro atoms. The molecule has 0 aliphatic heterocycles. The average Bonchev–Trinajstić information content (AvgIpc) is 3.10. The molecule has 4 bridgehead atoms. The smallest absolute Gasteiger partial charge is 0.230 e. The highest BCUT2D eigenvalue weighted by molar-refractivity contribution is 5.95. The maximum atomic E-state index is 13.2. The zero-order valence-corrected chi connectivity index (χ0v) is 13.6. The zero-order chi connectivity index (χ0) is 16.2. The van der Waals surface area contributed by atoms with Crippen molar-refractivity contribution < 1.29 is 4.79 Å². The third kappa shape index (κ3) is 2.01. The molecule has 24 heavy (non-hydrogen) atoms. The number of hydrogen-bond acceptors (Lipinski definition) is 4. The van der Waals surface area contributed by atoms with Gasteiger partial charge in [-0.3, -0.25) is 9.78 Å². The summed E-state index contributed by atoms with van der Waals surface area (Å²) in [5, 5.41) is 7.58. The number of rotatable bonds is 3. The second-order valence-electron chi connectivity index (χ2n) is 8.00. The lowest BCUT2D eigenvalue weighted by atomic mass is 9.46. The highest BCUT2D eigenvalue weighted by Gasteiger charge is 2.61. The number of pyridine rings is 1. The topological polar surface area (TPSA) is 72.7 Å². The molecule has 124 valence electrons. The van der Waals surface area contributed by atoms with Crippen LogP contribution in [0.3, 0.4) is 0 Å². The van der Waals surface area contributed by atoms with Gasteiger partial charge in [0.2, 0.25) is 5.91 Å². The van der Waals surface area contributed by atoms with E-state index in [-0.39, 0.29) is 16.9 Å². The maximum Gasteiger partial charge on any atom is 0.230 e. The number of amides is 1. The Bertz CT molecular complexity index is 743. The SMILES string of the molecule is O=C(Nc1ccncc1)C12C[C@H]3C[C@H](C1)CC(n1cncn1)(C3)C2. The normalized spacial score (nSPS) is 36.7. The minimum atomic E-state index is -0.265. The third-order valence-corrected chi connectivity index (χ3v) is 6.35. The summed E-state index contributed by atoms with van der Waals surface area (Å²) < 4.78 is 2.04. The van der Waals surface area contributed by atoms with Crippen LogP contribution in [-0.4, -0.2) is 25.7 Å². The lowest BCUT2D eigenvalue weighted by molar-refractivity contribution is -0.150. The molecule has 0 unspecified atom stereocenters. The molecular formula is C18H21N5O. The van der Waals surface area contributed by atoms with E-state index in [9.17, 15) is 4.79 Å². The summed E-state index contributed by atoms with van der Waals surface area (Å²) in [6.07, 6.45) is 13.3. The Balaban J connectivity index is 1.48. The summed E-state index contributed by atoms with van der Waals surface area (Å²) >= 11 is 0. The third-order valence-electron chi connectivity index (χ3n) is 6.35. The minimum Gasteiger partial charge on any atom is -0.325 e. The summed E-state index contributed by atoms with van der Waals surface area (Å²) in [6.45, 7) is 0. The molecule has 6 rings (SSSR count). The molecule has 2 aromatic heterocycles. The Morgan fingerprint density at radius 1 is 1.12 bits per heavy atom. The molecule has 1 amide bonds. The van der Waals surface area contributed by atoms with E-state index in [1.54, 1.807) is 18.7 Å². The van der Waals surface area contributed by atoms with Crippen molar-refractivity contribution in [2.24, 2.45) is 17.3 Å². The number of aromatic nitrogens is 4. The second kappa shape index (κ2) is 4.88. The quantitative estimate of drug-likeness (QED) is 0.942.